The first-order chi connectivity index (χ1) is 8.18. The molecule has 1 fully saturated rings. The molecule has 4 heteroatoms. The molecule has 0 aliphatic heterocycles. The molecule has 0 unspecified atom stereocenters. The van der Waals surface area contributed by atoms with Crippen molar-refractivity contribution < 1.29 is 0 Å². The Labute approximate surface area is 108 Å². The van der Waals surface area contributed by atoms with Crippen molar-refractivity contribution >= 4 is 17.4 Å². The Morgan fingerprint density at radius 2 is 1.88 bits per heavy atom. The van der Waals surface area contributed by atoms with Crippen LogP contribution in [0.1, 0.15) is 44.1 Å². The van der Waals surface area contributed by atoms with E-state index >= 15 is 0 Å². The lowest BCUT2D eigenvalue weighted by atomic mass is 10.1. The second kappa shape index (κ2) is 5.67. The van der Waals surface area contributed by atoms with Gasteiger partial charge >= 0.3 is 0 Å². The fraction of sp³-hybridized carbons (Fsp3) is 0.692. The van der Waals surface area contributed by atoms with Gasteiger partial charge in [-0.3, -0.25) is 0 Å². The highest BCUT2D eigenvalue weighted by Gasteiger charge is 2.19. The third-order valence-electron chi connectivity index (χ3n) is 3.62. The summed E-state index contributed by atoms with van der Waals surface area (Å²) in [6.45, 7) is 2.04. The van der Waals surface area contributed by atoms with Gasteiger partial charge in [-0.25, -0.2) is 9.97 Å². The number of aromatic nitrogens is 2. The van der Waals surface area contributed by atoms with Crippen LogP contribution in [0.4, 0.5) is 5.82 Å². The fourth-order valence-electron chi connectivity index (χ4n) is 2.59. The Morgan fingerprint density at radius 1 is 1.24 bits per heavy atom. The molecule has 17 heavy (non-hydrogen) atoms. The SMILES string of the molecule is Cc1cnc(Cl)nc1N(C)C1CCCCCC1. The van der Waals surface area contributed by atoms with Gasteiger partial charge in [-0.2, -0.15) is 0 Å². The van der Waals surface area contributed by atoms with Gasteiger partial charge in [0.2, 0.25) is 5.28 Å². The van der Waals surface area contributed by atoms with E-state index in [4.69, 9.17) is 11.6 Å². The number of hydrogen-bond donors (Lipinski definition) is 0. The van der Waals surface area contributed by atoms with Crippen LogP contribution in [-0.2, 0) is 0 Å². The first-order valence-corrected chi connectivity index (χ1v) is 6.78. The van der Waals surface area contributed by atoms with E-state index < -0.39 is 0 Å². The van der Waals surface area contributed by atoms with Gasteiger partial charge in [-0.15, -0.1) is 0 Å². The second-order valence-corrected chi connectivity index (χ2v) is 5.24. The molecule has 2 rings (SSSR count). The predicted octanol–water partition coefficient (Wildman–Crippen LogP) is 3.60. The topological polar surface area (TPSA) is 29.0 Å². The molecule has 0 N–H and O–H groups in total. The zero-order chi connectivity index (χ0) is 12.3. The lowest BCUT2D eigenvalue weighted by Crippen LogP contribution is -2.32. The highest BCUT2D eigenvalue weighted by atomic mass is 35.5. The largest absolute Gasteiger partial charge is 0.356 e. The summed E-state index contributed by atoms with van der Waals surface area (Å²) in [6.07, 6.45) is 9.72. The molecule has 1 aliphatic rings. The number of anilines is 1. The highest BCUT2D eigenvalue weighted by Crippen LogP contribution is 2.26. The summed E-state index contributed by atoms with van der Waals surface area (Å²) in [5.41, 5.74) is 1.10. The van der Waals surface area contributed by atoms with Crippen molar-refractivity contribution in [3.05, 3.63) is 17.0 Å². The first-order valence-electron chi connectivity index (χ1n) is 6.40. The van der Waals surface area contributed by atoms with Crippen molar-refractivity contribution in [2.45, 2.75) is 51.5 Å². The molecular weight excluding hydrogens is 234 g/mol. The third-order valence-corrected chi connectivity index (χ3v) is 3.80. The van der Waals surface area contributed by atoms with Crippen LogP contribution in [0, 0.1) is 6.92 Å². The van der Waals surface area contributed by atoms with Crippen LogP contribution < -0.4 is 4.90 Å². The fourth-order valence-corrected chi connectivity index (χ4v) is 2.72. The Balaban J connectivity index is 2.16. The van der Waals surface area contributed by atoms with Crippen LogP contribution >= 0.6 is 11.6 Å². The smallest absolute Gasteiger partial charge is 0.224 e. The zero-order valence-electron chi connectivity index (χ0n) is 10.6. The predicted molar refractivity (Wildman–Crippen MR) is 71.7 cm³/mol. The molecule has 0 amide bonds. The third kappa shape index (κ3) is 3.09. The lowest BCUT2D eigenvalue weighted by Gasteiger charge is -2.29. The van der Waals surface area contributed by atoms with E-state index in [1.165, 1.54) is 38.5 Å². The van der Waals surface area contributed by atoms with Crippen LogP contribution in [0.5, 0.6) is 0 Å². The number of aryl methyl sites for hydroxylation is 1. The van der Waals surface area contributed by atoms with Crippen molar-refractivity contribution in [1.82, 2.24) is 9.97 Å². The van der Waals surface area contributed by atoms with Gasteiger partial charge in [0.25, 0.3) is 0 Å². The molecule has 0 radical (unpaired) electrons. The average molecular weight is 254 g/mol. The van der Waals surface area contributed by atoms with E-state index in [0.29, 0.717) is 11.3 Å². The molecule has 0 atom stereocenters. The lowest BCUT2D eigenvalue weighted by molar-refractivity contribution is 0.548. The van der Waals surface area contributed by atoms with Crippen molar-refractivity contribution in [2.75, 3.05) is 11.9 Å². The number of rotatable bonds is 2. The molecule has 0 bridgehead atoms. The summed E-state index contributed by atoms with van der Waals surface area (Å²) in [7, 11) is 2.13. The van der Waals surface area contributed by atoms with Crippen molar-refractivity contribution in [2.24, 2.45) is 0 Å². The van der Waals surface area contributed by atoms with Crippen LogP contribution in [0.25, 0.3) is 0 Å². The summed E-state index contributed by atoms with van der Waals surface area (Å²) in [5.74, 6) is 0.983. The molecule has 0 saturated heterocycles. The van der Waals surface area contributed by atoms with E-state index in [1.807, 2.05) is 6.92 Å². The first kappa shape index (κ1) is 12.6. The van der Waals surface area contributed by atoms with Crippen LogP contribution in [-0.4, -0.2) is 23.1 Å². The molecule has 1 aromatic heterocycles. The van der Waals surface area contributed by atoms with Gasteiger partial charge < -0.3 is 4.90 Å². The molecule has 0 aromatic carbocycles. The Bertz CT molecular complexity index is 373. The zero-order valence-corrected chi connectivity index (χ0v) is 11.4. The Morgan fingerprint density at radius 3 is 2.53 bits per heavy atom. The van der Waals surface area contributed by atoms with E-state index in [0.717, 1.165) is 11.4 Å². The number of nitrogens with zero attached hydrogens (tertiary/aromatic N) is 3. The number of hydrogen-bond acceptors (Lipinski definition) is 3. The van der Waals surface area contributed by atoms with Gasteiger partial charge in [0.15, 0.2) is 0 Å². The highest BCUT2D eigenvalue weighted by molar-refractivity contribution is 6.28. The minimum atomic E-state index is 0.339. The molecule has 0 spiro atoms. The maximum atomic E-state index is 5.88. The maximum absolute atomic E-state index is 5.88. The summed E-state index contributed by atoms with van der Waals surface area (Å²) < 4.78 is 0. The minimum Gasteiger partial charge on any atom is -0.356 e. The summed E-state index contributed by atoms with van der Waals surface area (Å²) in [4.78, 5) is 10.7. The standard InChI is InChI=1S/C13H20ClN3/c1-10-9-15-13(14)16-12(10)17(2)11-7-5-3-4-6-8-11/h9,11H,3-8H2,1-2H3. The van der Waals surface area contributed by atoms with E-state index in [1.54, 1.807) is 6.20 Å². The van der Waals surface area contributed by atoms with E-state index in [2.05, 4.69) is 21.9 Å². The molecular formula is C13H20ClN3. The quantitative estimate of drug-likeness (QED) is 0.596. The molecule has 1 saturated carbocycles. The second-order valence-electron chi connectivity index (χ2n) is 4.90. The Kier molecular flexibility index (Phi) is 4.21. The van der Waals surface area contributed by atoms with Crippen LogP contribution in [0.3, 0.4) is 0 Å². The van der Waals surface area contributed by atoms with Crippen molar-refractivity contribution in [3.63, 3.8) is 0 Å². The maximum Gasteiger partial charge on any atom is 0.224 e. The Hall–Kier alpha value is -0.830. The summed E-state index contributed by atoms with van der Waals surface area (Å²) in [6, 6.07) is 0.599. The van der Waals surface area contributed by atoms with E-state index in [-0.39, 0.29) is 0 Å². The molecule has 94 valence electrons. The molecule has 1 aliphatic carbocycles. The van der Waals surface area contributed by atoms with E-state index in [9.17, 15) is 0 Å². The summed E-state index contributed by atoms with van der Waals surface area (Å²) in [5, 5.41) is 0.339. The van der Waals surface area contributed by atoms with Gasteiger partial charge in [0.1, 0.15) is 5.82 Å². The van der Waals surface area contributed by atoms with Crippen molar-refractivity contribution in [3.8, 4) is 0 Å². The monoisotopic (exact) mass is 253 g/mol. The van der Waals surface area contributed by atoms with Crippen LogP contribution in [0.15, 0.2) is 6.20 Å². The average Bonchev–Trinajstić information content (AvgIpc) is 2.60. The van der Waals surface area contributed by atoms with Gasteiger partial charge in [-0.1, -0.05) is 25.7 Å². The molecule has 1 heterocycles. The van der Waals surface area contributed by atoms with Crippen LogP contribution in [0.2, 0.25) is 5.28 Å². The normalized spacial score (nSPS) is 17.8. The molecule has 1 aromatic rings. The van der Waals surface area contributed by atoms with Gasteiger partial charge in [-0.05, 0) is 31.4 Å². The van der Waals surface area contributed by atoms with Gasteiger partial charge in [0.05, 0.1) is 0 Å². The number of halogens is 1. The van der Waals surface area contributed by atoms with Crippen molar-refractivity contribution in [1.29, 1.82) is 0 Å². The molecule has 3 nitrogen and oxygen atoms in total. The van der Waals surface area contributed by atoms with Gasteiger partial charge in [0, 0.05) is 24.8 Å². The minimum absolute atomic E-state index is 0.339. The summed E-state index contributed by atoms with van der Waals surface area (Å²) >= 11 is 5.88.